The normalized spacial score (nSPS) is 21.3. The van der Waals surface area contributed by atoms with Crippen molar-refractivity contribution in [1.82, 2.24) is 15.2 Å². The molecule has 1 aliphatic rings. The fourth-order valence-electron chi connectivity index (χ4n) is 2.44. The molecular formula is C12H27N5O. The Hall–Kier alpha value is -0.850. The second-order valence-electron chi connectivity index (χ2n) is 4.65. The number of hydrogen-bond acceptors (Lipinski definition) is 4. The lowest BCUT2D eigenvalue weighted by atomic mass is 10.2. The van der Waals surface area contributed by atoms with E-state index < -0.39 is 0 Å². The zero-order chi connectivity index (χ0) is 13.4. The van der Waals surface area contributed by atoms with E-state index in [4.69, 9.17) is 10.6 Å². The van der Waals surface area contributed by atoms with Crippen LogP contribution in [0.1, 0.15) is 19.8 Å². The smallest absolute Gasteiger partial charge is 0.208 e. The largest absolute Gasteiger partial charge is 0.383 e. The summed E-state index contributed by atoms with van der Waals surface area (Å²) >= 11 is 0. The zero-order valence-electron chi connectivity index (χ0n) is 11.9. The molecule has 0 amide bonds. The maximum Gasteiger partial charge on any atom is 0.208 e. The summed E-state index contributed by atoms with van der Waals surface area (Å²) in [6.07, 6.45) is 2.55. The Morgan fingerprint density at radius 2 is 2.39 bits per heavy atom. The minimum absolute atomic E-state index is 0.612. The molecule has 1 atom stereocenters. The third-order valence-electron chi connectivity index (χ3n) is 3.44. The Bertz CT molecular complexity index is 259. The molecule has 1 fully saturated rings. The number of hydrazine groups is 1. The van der Waals surface area contributed by atoms with Gasteiger partial charge in [-0.25, -0.2) is 10.8 Å². The molecule has 0 aromatic heterocycles. The Labute approximate surface area is 110 Å². The van der Waals surface area contributed by atoms with Gasteiger partial charge in [-0.2, -0.15) is 0 Å². The number of likely N-dealkylation sites (N-methyl/N-ethyl adjacent to an activating group) is 2. The van der Waals surface area contributed by atoms with Crippen LogP contribution >= 0.6 is 0 Å². The Balaban J connectivity index is 2.45. The molecule has 18 heavy (non-hydrogen) atoms. The maximum atomic E-state index is 5.52. The summed E-state index contributed by atoms with van der Waals surface area (Å²) in [5.74, 6) is 6.25. The number of nitrogens with two attached hydrogens (primary N) is 1. The summed E-state index contributed by atoms with van der Waals surface area (Å²) in [6.45, 7) is 6.74. The number of methoxy groups -OCH3 is 1. The minimum Gasteiger partial charge on any atom is -0.383 e. The van der Waals surface area contributed by atoms with E-state index in [0.29, 0.717) is 19.2 Å². The standard InChI is InChI=1S/C12H27N5O/c1-4-17-8-5-6-11(17)10-16(2)12(15-13)14-7-9-18-3/h11H,4-10,13H2,1-3H3,(H,14,15). The van der Waals surface area contributed by atoms with Crippen molar-refractivity contribution in [2.75, 3.05) is 46.9 Å². The number of nitrogens with zero attached hydrogens (tertiary/aromatic N) is 3. The van der Waals surface area contributed by atoms with Crippen molar-refractivity contribution >= 4 is 5.96 Å². The minimum atomic E-state index is 0.612. The first kappa shape index (κ1) is 15.2. The number of nitrogens with one attached hydrogen (secondary N) is 1. The van der Waals surface area contributed by atoms with Crippen molar-refractivity contribution in [1.29, 1.82) is 0 Å². The van der Waals surface area contributed by atoms with E-state index in [2.05, 4.69) is 27.1 Å². The van der Waals surface area contributed by atoms with Crippen LogP contribution in [0.15, 0.2) is 4.99 Å². The van der Waals surface area contributed by atoms with Gasteiger partial charge in [-0.05, 0) is 25.9 Å². The van der Waals surface area contributed by atoms with E-state index in [1.807, 2.05) is 7.05 Å². The average Bonchev–Trinajstić information content (AvgIpc) is 2.81. The highest BCUT2D eigenvalue weighted by atomic mass is 16.5. The highest BCUT2D eigenvalue weighted by Gasteiger charge is 2.24. The summed E-state index contributed by atoms with van der Waals surface area (Å²) in [4.78, 5) is 8.99. The van der Waals surface area contributed by atoms with Crippen LogP contribution in [0.25, 0.3) is 0 Å². The van der Waals surface area contributed by atoms with Gasteiger partial charge in [-0.1, -0.05) is 6.92 Å². The quantitative estimate of drug-likeness (QED) is 0.228. The van der Waals surface area contributed by atoms with Gasteiger partial charge in [0.2, 0.25) is 5.96 Å². The predicted molar refractivity (Wildman–Crippen MR) is 74.4 cm³/mol. The van der Waals surface area contributed by atoms with Crippen molar-refractivity contribution in [2.24, 2.45) is 10.8 Å². The Morgan fingerprint density at radius 3 is 3.00 bits per heavy atom. The third kappa shape index (κ3) is 4.44. The maximum absolute atomic E-state index is 5.52. The zero-order valence-corrected chi connectivity index (χ0v) is 11.9. The molecule has 6 nitrogen and oxygen atoms in total. The molecule has 0 spiro atoms. The molecule has 1 aliphatic heterocycles. The molecule has 0 radical (unpaired) electrons. The van der Waals surface area contributed by atoms with Crippen molar-refractivity contribution in [3.05, 3.63) is 0 Å². The van der Waals surface area contributed by atoms with Gasteiger partial charge in [0, 0.05) is 26.7 Å². The van der Waals surface area contributed by atoms with Crippen LogP contribution in [0.2, 0.25) is 0 Å². The molecule has 1 heterocycles. The molecule has 0 aromatic rings. The first-order valence-electron chi connectivity index (χ1n) is 6.68. The highest BCUT2D eigenvalue weighted by molar-refractivity contribution is 5.79. The van der Waals surface area contributed by atoms with Crippen molar-refractivity contribution in [3.63, 3.8) is 0 Å². The summed E-state index contributed by atoms with van der Waals surface area (Å²) in [5, 5.41) is 0. The Morgan fingerprint density at radius 1 is 1.61 bits per heavy atom. The fraction of sp³-hybridized carbons (Fsp3) is 0.917. The highest BCUT2D eigenvalue weighted by Crippen LogP contribution is 2.17. The SMILES string of the molecule is CCN1CCCC1CN(C)C(=NCCOC)NN. The molecule has 0 saturated carbocycles. The van der Waals surface area contributed by atoms with E-state index in [-0.39, 0.29) is 0 Å². The first-order chi connectivity index (χ1) is 8.72. The van der Waals surface area contributed by atoms with Crippen molar-refractivity contribution in [3.8, 4) is 0 Å². The third-order valence-corrected chi connectivity index (χ3v) is 3.44. The fourth-order valence-corrected chi connectivity index (χ4v) is 2.44. The lowest BCUT2D eigenvalue weighted by Crippen LogP contribution is -2.48. The van der Waals surface area contributed by atoms with Gasteiger partial charge < -0.3 is 9.64 Å². The van der Waals surface area contributed by atoms with Crippen LogP contribution in [0.3, 0.4) is 0 Å². The second kappa shape index (κ2) is 8.29. The molecule has 106 valence electrons. The number of likely N-dealkylation sites (tertiary alicyclic amines) is 1. The topological polar surface area (TPSA) is 66.1 Å². The van der Waals surface area contributed by atoms with Crippen LogP contribution in [-0.4, -0.2) is 68.7 Å². The Kier molecular flexibility index (Phi) is 7.00. The number of ether oxygens (including phenoxy) is 1. The van der Waals surface area contributed by atoms with E-state index in [0.717, 1.165) is 19.0 Å². The van der Waals surface area contributed by atoms with Crippen LogP contribution < -0.4 is 11.3 Å². The van der Waals surface area contributed by atoms with Gasteiger partial charge >= 0.3 is 0 Å². The summed E-state index contributed by atoms with van der Waals surface area (Å²) in [6, 6.07) is 0.612. The predicted octanol–water partition coefficient (Wildman–Crippen LogP) is -0.132. The van der Waals surface area contributed by atoms with E-state index in [1.165, 1.54) is 19.4 Å². The summed E-state index contributed by atoms with van der Waals surface area (Å²) in [7, 11) is 3.70. The molecule has 6 heteroatoms. The first-order valence-corrected chi connectivity index (χ1v) is 6.68. The summed E-state index contributed by atoms with van der Waals surface area (Å²) in [5.41, 5.74) is 2.67. The van der Waals surface area contributed by atoms with Gasteiger partial charge in [0.1, 0.15) is 0 Å². The number of guanidine groups is 1. The van der Waals surface area contributed by atoms with Crippen LogP contribution in [0.4, 0.5) is 0 Å². The number of rotatable bonds is 6. The van der Waals surface area contributed by atoms with Gasteiger partial charge in [0.15, 0.2) is 0 Å². The van der Waals surface area contributed by atoms with Crippen LogP contribution in [0, 0.1) is 0 Å². The monoisotopic (exact) mass is 257 g/mol. The molecule has 0 aromatic carbocycles. The summed E-state index contributed by atoms with van der Waals surface area (Å²) < 4.78 is 4.98. The molecule has 1 saturated heterocycles. The lowest BCUT2D eigenvalue weighted by Gasteiger charge is -2.29. The van der Waals surface area contributed by atoms with Crippen molar-refractivity contribution < 1.29 is 4.74 Å². The number of aliphatic imine (C=N–C) groups is 1. The number of hydrogen-bond donors (Lipinski definition) is 2. The molecule has 0 bridgehead atoms. The molecule has 1 rings (SSSR count). The molecule has 0 aliphatic carbocycles. The average molecular weight is 257 g/mol. The van der Waals surface area contributed by atoms with E-state index in [1.54, 1.807) is 7.11 Å². The molecule has 3 N–H and O–H groups in total. The van der Waals surface area contributed by atoms with Gasteiger partial charge in [-0.15, -0.1) is 0 Å². The van der Waals surface area contributed by atoms with Gasteiger partial charge in [-0.3, -0.25) is 10.3 Å². The van der Waals surface area contributed by atoms with Crippen LogP contribution in [-0.2, 0) is 4.74 Å². The molecule has 1 unspecified atom stereocenters. The second-order valence-corrected chi connectivity index (χ2v) is 4.65. The lowest BCUT2D eigenvalue weighted by molar-refractivity contribution is 0.206. The van der Waals surface area contributed by atoms with E-state index in [9.17, 15) is 0 Å². The van der Waals surface area contributed by atoms with E-state index >= 15 is 0 Å². The molecular weight excluding hydrogens is 230 g/mol. The van der Waals surface area contributed by atoms with Crippen molar-refractivity contribution in [2.45, 2.75) is 25.8 Å². The van der Waals surface area contributed by atoms with Gasteiger partial charge in [0.25, 0.3) is 0 Å². The van der Waals surface area contributed by atoms with Gasteiger partial charge in [0.05, 0.1) is 13.2 Å². The van der Waals surface area contributed by atoms with Crippen LogP contribution in [0.5, 0.6) is 0 Å².